The molecule has 2 rings (SSSR count). The first-order chi connectivity index (χ1) is 7.76. The van der Waals surface area contributed by atoms with Crippen LogP contribution in [0.3, 0.4) is 0 Å². The lowest BCUT2D eigenvalue weighted by molar-refractivity contribution is 0.242. The predicted molar refractivity (Wildman–Crippen MR) is 71.3 cm³/mol. The Morgan fingerprint density at radius 2 is 2.31 bits per heavy atom. The summed E-state index contributed by atoms with van der Waals surface area (Å²) in [6.45, 7) is 5.29. The van der Waals surface area contributed by atoms with Gasteiger partial charge in [-0.1, -0.05) is 35.0 Å². The van der Waals surface area contributed by atoms with E-state index in [1.807, 2.05) is 0 Å². The highest BCUT2D eigenvalue weighted by molar-refractivity contribution is 9.10. The first-order valence-electron chi connectivity index (χ1n) is 5.95. The van der Waals surface area contributed by atoms with Gasteiger partial charge >= 0.3 is 0 Å². The summed E-state index contributed by atoms with van der Waals surface area (Å²) in [4.78, 5) is 2.53. The average Bonchev–Trinajstić information content (AvgIpc) is 2.71. The first kappa shape index (κ1) is 12.1. The van der Waals surface area contributed by atoms with Gasteiger partial charge < -0.3 is 5.73 Å². The number of likely N-dealkylation sites (tertiary alicyclic amines) is 1. The zero-order chi connectivity index (χ0) is 11.5. The number of halogens is 1. The molecule has 2 N–H and O–H groups in total. The minimum absolute atomic E-state index is 0.507. The van der Waals surface area contributed by atoms with E-state index in [4.69, 9.17) is 5.73 Å². The molecule has 1 aromatic rings. The van der Waals surface area contributed by atoms with Crippen molar-refractivity contribution >= 4 is 15.9 Å². The minimum Gasteiger partial charge on any atom is -0.330 e. The zero-order valence-electron chi connectivity index (χ0n) is 9.70. The molecule has 0 bridgehead atoms. The smallest absolute Gasteiger partial charge is 0.0389 e. The number of nitrogens with two attached hydrogens (primary N) is 1. The third kappa shape index (κ3) is 2.31. The highest BCUT2D eigenvalue weighted by atomic mass is 79.9. The lowest BCUT2D eigenvalue weighted by Gasteiger charge is -2.27. The van der Waals surface area contributed by atoms with E-state index < -0.39 is 0 Å². The number of rotatable bonds is 3. The average molecular weight is 283 g/mol. The molecule has 1 heterocycles. The van der Waals surface area contributed by atoms with Crippen LogP contribution in [-0.4, -0.2) is 24.5 Å². The van der Waals surface area contributed by atoms with Crippen LogP contribution in [0, 0.1) is 5.92 Å². The van der Waals surface area contributed by atoms with E-state index >= 15 is 0 Å². The fraction of sp³-hybridized carbons (Fsp3) is 0.538. The summed E-state index contributed by atoms with van der Waals surface area (Å²) in [6, 6.07) is 9.13. The quantitative estimate of drug-likeness (QED) is 0.924. The third-order valence-electron chi connectivity index (χ3n) is 3.53. The summed E-state index contributed by atoms with van der Waals surface area (Å²) in [7, 11) is 0. The molecule has 2 unspecified atom stereocenters. The van der Waals surface area contributed by atoms with Crippen LogP contribution < -0.4 is 5.73 Å². The van der Waals surface area contributed by atoms with Crippen LogP contribution in [0.5, 0.6) is 0 Å². The van der Waals surface area contributed by atoms with Gasteiger partial charge in [0.05, 0.1) is 0 Å². The van der Waals surface area contributed by atoms with E-state index in [1.165, 1.54) is 18.5 Å². The van der Waals surface area contributed by atoms with Crippen molar-refractivity contribution < 1.29 is 0 Å². The van der Waals surface area contributed by atoms with E-state index in [1.54, 1.807) is 0 Å². The van der Waals surface area contributed by atoms with Gasteiger partial charge in [-0.05, 0) is 49.7 Å². The van der Waals surface area contributed by atoms with Crippen LogP contribution in [0.1, 0.15) is 24.9 Å². The number of hydrogen-bond donors (Lipinski definition) is 1. The molecule has 0 aromatic heterocycles. The molecule has 1 fully saturated rings. The van der Waals surface area contributed by atoms with Crippen LogP contribution in [0.4, 0.5) is 0 Å². The molecule has 3 heteroatoms. The van der Waals surface area contributed by atoms with Gasteiger partial charge in [-0.25, -0.2) is 0 Å². The van der Waals surface area contributed by atoms with Crippen molar-refractivity contribution in [2.75, 3.05) is 19.6 Å². The van der Waals surface area contributed by atoms with Crippen LogP contribution in [0.2, 0.25) is 0 Å². The van der Waals surface area contributed by atoms with Gasteiger partial charge in [-0.15, -0.1) is 0 Å². The lowest BCUT2D eigenvalue weighted by atomic mass is 9.94. The molecule has 2 nitrogen and oxygen atoms in total. The Balaban J connectivity index is 2.28. The van der Waals surface area contributed by atoms with Crippen LogP contribution in [-0.2, 0) is 0 Å². The second kappa shape index (κ2) is 5.30. The molecule has 2 atom stereocenters. The van der Waals surface area contributed by atoms with Crippen molar-refractivity contribution in [1.82, 2.24) is 4.90 Å². The van der Waals surface area contributed by atoms with Gasteiger partial charge in [0.25, 0.3) is 0 Å². The van der Waals surface area contributed by atoms with Gasteiger partial charge in [0, 0.05) is 10.5 Å². The van der Waals surface area contributed by atoms with Crippen LogP contribution in [0.15, 0.2) is 28.7 Å². The Kier molecular flexibility index (Phi) is 4.00. The Bertz CT molecular complexity index is 342. The number of nitrogens with zero attached hydrogens (tertiary/aromatic N) is 1. The standard InChI is InChI=1S/C13H19BrN2/c1-2-16-7-6-11(9-15)13(16)10-4-3-5-12(14)8-10/h3-5,8,11,13H,2,6-7,9,15H2,1H3. The van der Waals surface area contributed by atoms with Gasteiger partial charge in [-0.2, -0.15) is 0 Å². The highest BCUT2D eigenvalue weighted by Gasteiger charge is 2.33. The van der Waals surface area contributed by atoms with E-state index in [0.29, 0.717) is 12.0 Å². The summed E-state index contributed by atoms with van der Waals surface area (Å²) in [6.07, 6.45) is 1.22. The predicted octanol–water partition coefficient (Wildman–Crippen LogP) is 2.79. The fourth-order valence-corrected chi connectivity index (χ4v) is 3.12. The van der Waals surface area contributed by atoms with Gasteiger partial charge in [-0.3, -0.25) is 4.90 Å². The normalized spacial score (nSPS) is 26.2. The maximum absolute atomic E-state index is 5.88. The molecular formula is C13H19BrN2. The van der Waals surface area contributed by atoms with Crippen molar-refractivity contribution in [2.45, 2.75) is 19.4 Å². The van der Waals surface area contributed by atoms with Gasteiger partial charge in [0.1, 0.15) is 0 Å². The van der Waals surface area contributed by atoms with Crippen LogP contribution in [0.25, 0.3) is 0 Å². The molecule has 1 aromatic carbocycles. The van der Waals surface area contributed by atoms with Crippen molar-refractivity contribution in [3.63, 3.8) is 0 Å². The molecule has 1 aliphatic rings. The molecule has 0 radical (unpaired) electrons. The monoisotopic (exact) mass is 282 g/mol. The van der Waals surface area contributed by atoms with E-state index in [2.05, 4.69) is 52.0 Å². The second-order valence-electron chi connectivity index (χ2n) is 4.41. The topological polar surface area (TPSA) is 29.3 Å². The molecule has 0 aliphatic carbocycles. The molecule has 16 heavy (non-hydrogen) atoms. The number of hydrogen-bond acceptors (Lipinski definition) is 2. The lowest BCUT2D eigenvalue weighted by Crippen LogP contribution is -2.28. The molecule has 0 spiro atoms. The maximum atomic E-state index is 5.88. The molecular weight excluding hydrogens is 264 g/mol. The molecule has 1 aliphatic heterocycles. The van der Waals surface area contributed by atoms with Crippen molar-refractivity contribution in [1.29, 1.82) is 0 Å². The van der Waals surface area contributed by atoms with Crippen molar-refractivity contribution in [2.24, 2.45) is 11.7 Å². The Morgan fingerprint density at radius 1 is 1.50 bits per heavy atom. The Hall–Kier alpha value is -0.380. The summed E-state index contributed by atoms with van der Waals surface area (Å²) >= 11 is 3.54. The zero-order valence-corrected chi connectivity index (χ0v) is 11.3. The van der Waals surface area contributed by atoms with Crippen LogP contribution >= 0.6 is 15.9 Å². The minimum atomic E-state index is 0.507. The highest BCUT2D eigenvalue weighted by Crippen LogP contribution is 2.37. The first-order valence-corrected chi connectivity index (χ1v) is 6.75. The Morgan fingerprint density at radius 3 is 2.94 bits per heavy atom. The largest absolute Gasteiger partial charge is 0.330 e. The summed E-state index contributed by atoms with van der Waals surface area (Å²) in [5.41, 5.74) is 7.27. The molecule has 0 saturated carbocycles. The second-order valence-corrected chi connectivity index (χ2v) is 5.33. The van der Waals surface area contributed by atoms with Gasteiger partial charge in [0.15, 0.2) is 0 Å². The van der Waals surface area contributed by atoms with Gasteiger partial charge in [0.2, 0.25) is 0 Å². The molecule has 0 amide bonds. The summed E-state index contributed by atoms with van der Waals surface area (Å²) < 4.78 is 1.16. The summed E-state index contributed by atoms with van der Waals surface area (Å²) in [5.74, 6) is 0.606. The SMILES string of the molecule is CCN1CCC(CN)C1c1cccc(Br)c1. The number of benzene rings is 1. The van der Waals surface area contributed by atoms with E-state index in [0.717, 1.165) is 17.6 Å². The maximum Gasteiger partial charge on any atom is 0.0389 e. The molecule has 1 saturated heterocycles. The fourth-order valence-electron chi connectivity index (χ4n) is 2.70. The molecule has 88 valence electrons. The summed E-state index contributed by atoms with van der Waals surface area (Å²) in [5, 5.41) is 0. The van der Waals surface area contributed by atoms with Crippen molar-refractivity contribution in [3.8, 4) is 0 Å². The Labute approximate surface area is 106 Å². The van der Waals surface area contributed by atoms with E-state index in [-0.39, 0.29) is 0 Å². The third-order valence-corrected chi connectivity index (χ3v) is 4.02. The van der Waals surface area contributed by atoms with Crippen molar-refractivity contribution in [3.05, 3.63) is 34.3 Å². The van der Waals surface area contributed by atoms with E-state index in [9.17, 15) is 0 Å².